The number of esters is 3. The summed E-state index contributed by atoms with van der Waals surface area (Å²) in [5.41, 5.74) is 0. The molecule has 56 heavy (non-hydrogen) atoms. The van der Waals surface area contributed by atoms with Crippen molar-refractivity contribution in [3.8, 4) is 0 Å². The molecule has 0 aliphatic carbocycles. The van der Waals surface area contributed by atoms with E-state index >= 15 is 0 Å². The summed E-state index contributed by atoms with van der Waals surface area (Å²) in [5.74, 6) is -0.0739. The van der Waals surface area contributed by atoms with Gasteiger partial charge >= 0.3 is 17.9 Å². The van der Waals surface area contributed by atoms with Gasteiger partial charge in [-0.2, -0.15) is 0 Å². The lowest BCUT2D eigenvalue weighted by Crippen LogP contribution is -2.30. The van der Waals surface area contributed by atoms with Crippen molar-refractivity contribution >= 4 is 17.9 Å². The van der Waals surface area contributed by atoms with Crippen LogP contribution in [0, 0.1) is 5.92 Å². The molecule has 0 amide bonds. The van der Waals surface area contributed by atoms with E-state index in [1.165, 1.54) is 173 Å². The van der Waals surface area contributed by atoms with Crippen molar-refractivity contribution < 1.29 is 28.6 Å². The minimum Gasteiger partial charge on any atom is -0.462 e. The van der Waals surface area contributed by atoms with Crippen LogP contribution in [0.25, 0.3) is 0 Å². The molecule has 1 atom stereocenters. The van der Waals surface area contributed by atoms with Gasteiger partial charge < -0.3 is 14.2 Å². The van der Waals surface area contributed by atoms with Gasteiger partial charge in [-0.3, -0.25) is 14.4 Å². The topological polar surface area (TPSA) is 78.9 Å². The van der Waals surface area contributed by atoms with Crippen molar-refractivity contribution in [1.82, 2.24) is 0 Å². The first-order valence-electron chi connectivity index (χ1n) is 24.9. The number of hydrogen-bond donors (Lipinski definition) is 0. The number of unbranched alkanes of at least 4 members (excludes halogenated alkanes) is 32. The Hall–Kier alpha value is -1.59. The van der Waals surface area contributed by atoms with Crippen molar-refractivity contribution in [3.05, 3.63) is 0 Å². The Morgan fingerprint density at radius 1 is 0.339 bits per heavy atom. The van der Waals surface area contributed by atoms with Gasteiger partial charge in [-0.1, -0.05) is 240 Å². The standard InChI is InChI=1S/C50H96O6/c1-5-7-9-11-13-15-17-18-19-20-21-22-24-26-30-34-38-42-49(52)55-45-47(56-50(53)43-39-35-31-27-28-32-36-40-46(3)4)44-54-48(51)41-37-33-29-25-23-16-14-12-10-8-6-2/h46-47H,5-45H2,1-4H3/t47-/m1/s1. The van der Waals surface area contributed by atoms with Gasteiger partial charge in [0.15, 0.2) is 6.10 Å². The summed E-state index contributed by atoms with van der Waals surface area (Å²) in [7, 11) is 0. The molecule has 6 nitrogen and oxygen atoms in total. The van der Waals surface area contributed by atoms with E-state index in [2.05, 4.69) is 27.7 Å². The third-order valence-electron chi connectivity index (χ3n) is 11.3. The van der Waals surface area contributed by atoms with E-state index in [0.717, 1.165) is 63.7 Å². The fraction of sp³-hybridized carbons (Fsp3) is 0.940. The van der Waals surface area contributed by atoms with E-state index < -0.39 is 6.10 Å². The molecule has 0 saturated carbocycles. The Morgan fingerprint density at radius 2 is 0.589 bits per heavy atom. The van der Waals surface area contributed by atoms with Crippen LogP contribution in [0.2, 0.25) is 0 Å². The largest absolute Gasteiger partial charge is 0.462 e. The van der Waals surface area contributed by atoms with Crippen LogP contribution < -0.4 is 0 Å². The lowest BCUT2D eigenvalue weighted by atomic mass is 10.0. The van der Waals surface area contributed by atoms with Crippen LogP contribution in [0.3, 0.4) is 0 Å². The summed E-state index contributed by atoms with van der Waals surface area (Å²) < 4.78 is 16.7. The van der Waals surface area contributed by atoms with Crippen LogP contribution >= 0.6 is 0 Å². The van der Waals surface area contributed by atoms with Crippen LogP contribution in [0.5, 0.6) is 0 Å². The fourth-order valence-corrected chi connectivity index (χ4v) is 7.51. The maximum Gasteiger partial charge on any atom is 0.306 e. The molecule has 0 unspecified atom stereocenters. The molecule has 0 radical (unpaired) electrons. The van der Waals surface area contributed by atoms with E-state index in [4.69, 9.17) is 14.2 Å². The van der Waals surface area contributed by atoms with Crippen molar-refractivity contribution in [3.63, 3.8) is 0 Å². The third-order valence-corrected chi connectivity index (χ3v) is 11.3. The van der Waals surface area contributed by atoms with E-state index in [9.17, 15) is 14.4 Å². The second-order valence-electron chi connectivity index (χ2n) is 17.6. The highest BCUT2D eigenvalue weighted by Gasteiger charge is 2.19. The van der Waals surface area contributed by atoms with Gasteiger partial charge in [0.2, 0.25) is 0 Å². The van der Waals surface area contributed by atoms with Crippen LogP contribution in [0.4, 0.5) is 0 Å². The number of ether oxygens (including phenoxy) is 3. The monoisotopic (exact) mass is 793 g/mol. The predicted molar refractivity (Wildman–Crippen MR) is 238 cm³/mol. The fourth-order valence-electron chi connectivity index (χ4n) is 7.51. The molecular weight excluding hydrogens is 697 g/mol. The predicted octanol–water partition coefficient (Wildman–Crippen LogP) is 15.9. The van der Waals surface area contributed by atoms with Gasteiger partial charge in [0, 0.05) is 19.3 Å². The Balaban J connectivity index is 4.25. The molecule has 0 N–H and O–H groups in total. The molecule has 0 fully saturated rings. The zero-order valence-corrected chi connectivity index (χ0v) is 38.1. The summed E-state index contributed by atoms with van der Waals surface area (Å²) in [6.07, 6.45) is 45.2. The molecule has 0 heterocycles. The average Bonchev–Trinajstić information content (AvgIpc) is 3.18. The summed E-state index contributed by atoms with van der Waals surface area (Å²) in [6, 6.07) is 0. The second-order valence-corrected chi connectivity index (χ2v) is 17.6. The van der Waals surface area contributed by atoms with E-state index in [-0.39, 0.29) is 31.1 Å². The summed E-state index contributed by atoms with van der Waals surface area (Å²) >= 11 is 0. The van der Waals surface area contributed by atoms with Crippen molar-refractivity contribution in [2.75, 3.05) is 13.2 Å². The van der Waals surface area contributed by atoms with Gasteiger partial charge in [-0.05, 0) is 25.2 Å². The van der Waals surface area contributed by atoms with Gasteiger partial charge in [0.05, 0.1) is 0 Å². The summed E-state index contributed by atoms with van der Waals surface area (Å²) in [4.78, 5) is 37.8. The summed E-state index contributed by atoms with van der Waals surface area (Å²) in [5, 5.41) is 0. The Bertz CT molecular complexity index is 841. The third kappa shape index (κ3) is 43.5. The first-order valence-corrected chi connectivity index (χ1v) is 24.9. The molecule has 332 valence electrons. The Labute approximate surface area is 348 Å². The SMILES string of the molecule is CCCCCCCCCCCCCCCCCCCC(=O)OC[C@@H](COC(=O)CCCCCCCCCCCCC)OC(=O)CCCCCCCCCC(C)C. The van der Waals surface area contributed by atoms with Crippen LogP contribution in [0.15, 0.2) is 0 Å². The number of carbonyl (C=O) groups excluding carboxylic acids is 3. The Morgan fingerprint density at radius 3 is 0.875 bits per heavy atom. The maximum absolute atomic E-state index is 12.7. The highest BCUT2D eigenvalue weighted by molar-refractivity contribution is 5.71. The number of carbonyl (C=O) groups is 3. The van der Waals surface area contributed by atoms with Crippen molar-refractivity contribution in [2.24, 2.45) is 5.92 Å². The first kappa shape index (κ1) is 54.4. The Kier molecular flexibility index (Phi) is 43.2. The van der Waals surface area contributed by atoms with Crippen LogP contribution in [0.1, 0.15) is 278 Å². The highest BCUT2D eigenvalue weighted by atomic mass is 16.6. The van der Waals surface area contributed by atoms with Crippen molar-refractivity contribution in [1.29, 1.82) is 0 Å². The molecule has 0 bridgehead atoms. The van der Waals surface area contributed by atoms with Gasteiger partial charge in [0.1, 0.15) is 13.2 Å². The lowest BCUT2D eigenvalue weighted by molar-refractivity contribution is -0.167. The second kappa shape index (κ2) is 44.5. The zero-order chi connectivity index (χ0) is 41.0. The molecule has 0 aliphatic heterocycles. The molecular formula is C50H96O6. The summed E-state index contributed by atoms with van der Waals surface area (Å²) in [6.45, 7) is 8.96. The highest BCUT2D eigenvalue weighted by Crippen LogP contribution is 2.17. The van der Waals surface area contributed by atoms with E-state index in [1.54, 1.807) is 0 Å². The molecule has 0 rings (SSSR count). The zero-order valence-electron chi connectivity index (χ0n) is 38.1. The molecule has 0 spiro atoms. The average molecular weight is 793 g/mol. The minimum atomic E-state index is -0.760. The molecule has 0 aromatic heterocycles. The van der Waals surface area contributed by atoms with Crippen LogP contribution in [-0.2, 0) is 28.6 Å². The van der Waals surface area contributed by atoms with Gasteiger partial charge in [0.25, 0.3) is 0 Å². The molecule has 0 saturated heterocycles. The van der Waals surface area contributed by atoms with E-state index in [0.29, 0.717) is 19.3 Å². The lowest BCUT2D eigenvalue weighted by Gasteiger charge is -2.18. The van der Waals surface area contributed by atoms with Gasteiger partial charge in [-0.15, -0.1) is 0 Å². The van der Waals surface area contributed by atoms with Crippen LogP contribution in [-0.4, -0.2) is 37.2 Å². The normalized spacial score (nSPS) is 11.9. The number of hydrogen-bond acceptors (Lipinski definition) is 6. The molecule has 0 aromatic carbocycles. The first-order chi connectivity index (χ1) is 27.4. The molecule has 0 aromatic rings. The van der Waals surface area contributed by atoms with E-state index in [1.807, 2.05) is 0 Å². The quantitative estimate of drug-likeness (QED) is 0.0347. The van der Waals surface area contributed by atoms with Gasteiger partial charge in [-0.25, -0.2) is 0 Å². The molecule has 6 heteroatoms. The van der Waals surface area contributed by atoms with Crippen molar-refractivity contribution in [2.45, 2.75) is 284 Å². The number of rotatable bonds is 45. The smallest absolute Gasteiger partial charge is 0.306 e. The molecule has 0 aliphatic rings. The maximum atomic E-state index is 12.7. The minimum absolute atomic E-state index is 0.0639.